The highest BCUT2D eigenvalue weighted by atomic mass is 79.9. The van der Waals surface area contributed by atoms with E-state index in [4.69, 9.17) is 5.11 Å². The maximum atomic E-state index is 12.2. The van der Waals surface area contributed by atoms with Crippen LogP contribution in [0.15, 0.2) is 28.7 Å². The zero-order valence-electron chi connectivity index (χ0n) is 9.41. The molecule has 2 N–H and O–H groups in total. The molecule has 0 saturated carbocycles. The summed E-state index contributed by atoms with van der Waals surface area (Å²) in [5.41, 5.74) is 0.407. The summed E-state index contributed by atoms with van der Waals surface area (Å²) in [6.07, 6.45) is -0.697. The number of carbonyl (C=O) groups excluding carboxylic acids is 1. The lowest BCUT2D eigenvalue weighted by Gasteiger charge is -2.21. The summed E-state index contributed by atoms with van der Waals surface area (Å²) >= 11 is 3.26. The van der Waals surface area contributed by atoms with Crippen molar-refractivity contribution in [2.45, 2.75) is 18.6 Å². The van der Waals surface area contributed by atoms with Crippen LogP contribution >= 0.6 is 15.9 Å². The Kier molecular flexibility index (Phi) is 3.68. The quantitative estimate of drug-likeness (QED) is 0.857. The van der Waals surface area contributed by atoms with E-state index < -0.39 is 18.1 Å². The van der Waals surface area contributed by atoms with Crippen molar-refractivity contribution < 1.29 is 19.8 Å². The van der Waals surface area contributed by atoms with E-state index in [9.17, 15) is 14.7 Å². The largest absolute Gasteiger partial charge is 0.480 e. The number of hydrogen-bond acceptors (Lipinski definition) is 3. The zero-order valence-corrected chi connectivity index (χ0v) is 11.0. The van der Waals surface area contributed by atoms with E-state index in [1.54, 1.807) is 24.3 Å². The molecule has 1 aliphatic rings. The fraction of sp³-hybridized carbons (Fsp3) is 0.333. The van der Waals surface area contributed by atoms with Crippen molar-refractivity contribution in [3.63, 3.8) is 0 Å². The number of carbonyl (C=O) groups is 2. The second-order valence-corrected chi connectivity index (χ2v) is 5.13. The normalized spacial score (nSPS) is 23.1. The standard InChI is InChI=1S/C12H12BrNO4/c13-8-3-1-2-7(4-8)11(16)14-6-9(15)5-10(14)12(17)18/h1-4,9-10,15H,5-6H2,(H,17,18)/t9-,10+/m1/s1. The highest BCUT2D eigenvalue weighted by Gasteiger charge is 2.39. The predicted octanol–water partition coefficient (Wildman–Crippen LogP) is 1.11. The van der Waals surface area contributed by atoms with Crippen LogP contribution in [0.4, 0.5) is 0 Å². The van der Waals surface area contributed by atoms with E-state index >= 15 is 0 Å². The Balaban J connectivity index is 2.25. The van der Waals surface area contributed by atoms with Crippen LogP contribution in [0.5, 0.6) is 0 Å². The van der Waals surface area contributed by atoms with Crippen molar-refractivity contribution in [3.05, 3.63) is 34.3 Å². The molecule has 96 valence electrons. The van der Waals surface area contributed by atoms with Gasteiger partial charge < -0.3 is 15.1 Å². The van der Waals surface area contributed by atoms with Gasteiger partial charge in [-0.1, -0.05) is 22.0 Å². The summed E-state index contributed by atoms with van der Waals surface area (Å²) in [5, 5.41) is 18.5. The average molecular weight is 314 g/mol. The second kappa shape index (κ2) is 5.07. The molecule has 1 heterocycles. The minimum atomic E-state index is -1.09. The smallest absolute Gasteiger partial charge is 0.326 e. The Hall–Kier alpha value is -1.40. The number of nitrogens with zero attached hydrogens (tertiary/aromatic N) is 1. The first-order valence-corrected chi connectivity index (χ1v) is 6.25. The maximum absolute atomic E-state index is 12.2. The fourth-order valence-corrected chi connectivity index (χ4v) is 2.46. The third-order valence-corrected chi connectivity index (χ3v) is 3.39. The molecule has 0 spiro atoms. The number of aliphatic hydroxyl groups is 1. The van der Waals surface area contributed by atoms with Gasteiger partial charge in [-0.3, -0.25) is 4.79 Å². The minimum absolute atomic E-state index is 0.0579. The molecule has 0 aliphatic carbocycles. The monoisotopic (exact) mass is 313 g/mol. The van der Waals surface area contributed by atoms with Crippen LogP contribution in [0.3, 0.4) is 0 Å². The molecule has 6 heteroatoms. The Morgan fingerprint density at radius 3 is 2.72 bits per heavy atom. The number of halogens is 1. The van der Waals surface area contributed by atoms with E-state index in [-0.39, 0.29) is 18.9 Å². The highest BCUT2D eigenvalue weighted by Crippen LogP contribution is 2.22. The van der Waals surface area contributed by atoms with Crippen LogP contribution in [0.25, 0.3) is 0 Å². The van der Waals surface area contributed by atoms with Crippen molar-refractivity contribution >= 4 is 27.8 Å². The summed E-state index contributed by atoms with van der Waals surface area (Å²) in [6.45, 7) is 0.0579. The molecule has 5 nitrogen and oxygen atoms in total. The Labute approximate surface area is 112 Å². The van der Waals surface area contributed by atoms with Gasteiger partial charge in [-0.05, 0) is 18.2 Å². The highest BCUT2D eigenvalue weighted by molar-refractivity contribution is 9.10. The Morgan fingerprint density at radius 2 is 2.11 bits per heavy atom. The van der Waals surface area contributed by atoms with E-state index in [0.717, 1.165) is 4.47 Å². The van der Waals surface area contributed by atoms with Gasteiger partial charge in [0, 0.05) is 23.0 Å². The first kappa shape index (κ1) is 13.0. The van der Waals surface area contributed by atoms with Crippen LogP contribution in [-0.4, -0.2) is 45.7 Å². The van der Waals surface area contributed by atoms with Gasteiger partial charge in [0.05, 0.1) is 6.10 Å². The lowest BCUT2D eigenvalue weighted by molar-refractivity contribution is -0.141. The summed E-state index contributed by atoms with van der Waals surface area (Å²) in [7, 11) is 0. The molecular formula is C12H12BrNO4. The summed E-state index contributed by atoms with van der Waals surface area (Å²) in [5.74, 6) is -1.46. The number of carboxylic acids is 1. The van der Waals surface area contributed by atoms with Crippen LogP contribution in [0.2, 0.25) is 0 Å². The first-order valence-electron chi connectivity index (χ1n) is 5.46. The first-order chi connectivity index (χ1) is 8.49. The number of amides is 1. The number of rotatable bonds is 2. The molecule has 2 atom stereocenters. The van der Waals surface area contributed by atoms with Crippen LogP contribution < -0.4 is 0 Å². The molecule has 1 amide bonds. The molecule has 0 aromatic heterocycles. The maximum Gasteiger partial charge on any atom is 0.326 e. The zero-order chi connectivity index (χ0) is 13.3. The molecule has 18 heavy (non-hydrogen) atoms. The fourth-order valence-electron chi connectivity index (χ4n) is 2.06. The van der Waals surface area contributed by atoms with Crippen LogP contribution in [0, 0.1) is 0 Å². The predicted molar refractivity (Wildman–Crippen MR) is 67.2 cm³/mol. The number of benzene rings is 1. The number of β-amino-alcohol motifs (C(OH)–C–C–N with tert-alkyl or cyclic N) is 1. The molecule has 0 unspecified atom stereocenters. The Bertz CT molecular complexity index is 491. The summed E-state index contributed by atoms with van der Waals surface area (Å²) in [6, 6.07) is 5.79. The van der Waals surface area contributed by atoms with Crippen molar-refractivity contribution in [2.24, 2.45) is 0 Å². The molecule has 1 fully saturated rings. The third-order valence-electron chi connectivity index (χ3n) is 2.90. The summed E-state index contributed by atoms with van der Waals surface area (Å²) in [4.78, 5) is 24.4. The SMILES string of the molecule is O=C(O)[C@@H]1C[C@@H](O)CN1C(=O)c1cccc(Br)c1. The van der Waals surface area contributed by atoms with Gasteiger partial charge in [0.15, 0.2) is 0 Å². The van der Waals surface area contributed by atoms with Gasteiger partial charge in [0.25, 0.3) is 5.91 Å². The molecule has 1 aliphatic heterocycles. The molecule has 0 bridgehead atoms. The van der Waals surface area contributed by atoms with E-state index in [2.05, 4.69) is 15.9 Å². The van der Waals surface area contributed by atoms with E-state index in [1.165, 1.54) is 4.90 Å². The van der Waals surface area contributed by atoms with Gasteiger partial charge >= 0.3 is 5.97 Å². The minimum Gasteiger partial charge on any atom is -0.480 e. The number of aliphatic hydroxyl groups excluding tert-OH is 1. The van der Waals surface area contributed by atoms with Gasteiger partial charge in [0.2, 0.25) is 0 Å². The van der Waals surface area contributed by atoms with Crippen molar-refractivity contribution in [1.29, 1.82) is 0 Å². The van der Waals surface area contributed by atoms with Crippen LogP contribution in [-0.2, 0) is 4.79 Å². The Morgan fingerprint density at radius 1 is 1.39 bits per heavy atom. The molecule has 1 saturated heterocycles. The number of carboxylic acid groups (broad SMARTS) is 1. The molecule has 1 aromatic rings. The van der Waals surface area contributed by atoms with Crippen LogP contribution in [0.1, 0.15) is 16.8 Å². The van der Waals surface area contributed by atoms with Gasteiger partial charge in [-0.15, -0.1) is 0 Å². The topological polar surface area (TPSA) is 77.8 Å². The molecule has 0 radical (unpaired) electrons. The van der Waals surface area contributed by atoms with Gasteiger partial charge in [0.1, 0.15) is 6.04 Å². The lowest BCUT2D eigenvalue weighted by Crippen LogP contribution is -2.40. The summed E-state index contributed by atoms with van der Waals surface area (Å²) < 4.78 is 0.750. The molecule has 2 rings (SSSR count). The van der Waals surface area contributed by atoms with Crippen molar-refractivity contribution in [3.8, 4) is 0 Å². The molecule has 1 aromatic carbocycles. The lowest BCUT2D eigenvalue weighted by atomic mass is 10.1. The number of aliphatic carboxylic acids is 1. The van der Waals surface area contributed by atoms with Gasteiger partial charge in [-0.2, -0.15) is 0 Å². The number of hydrogen-bond donors (Lipinski definition) is 2. The van der Waals surface area contributed by atoms with Gasteiger partial charge in [-0.25, -0.2) is 4.79 Å². The van der Waals surface area contributed by atoms with E-state index in [0.29, 0.717) is 5.56 Å². The van der Waals surface area contributed by atoms with Crippen molar-refractivity contribution in [1.82, 2.24) is 4.90 Å². The number of likely N-dealkylation sites (tertiary alicyclic amines) is 1. The third kappa shape index (κ3) is 2.54. The van der Waals surface area contributed by atoms with E-state index in [1.807, 2.05) is 0 Å². The average Bonchev–Trinajstić information content (AvgIpc) is 2.70. The van der Waals surface area contributed by atoms with Crippen molar-refractivity contribution in [2.75, 3.05) is 6.54 Å². The molecular weight excluding hydrogens is 302 g/mol. The second-order valence-electron chi connectivity index (χ2n) is 4.21.